The van der Waals surface area contributed by atoms with E-state index in [0.717, 1.165) is 6.42 Å². The van der Waals surface area contributed by atoms with Gasteiger partial charge in [-0.15, -0.1) is 0 Å². The third-order valence-corrected chi connectivity index (χ3v) is 3.09. The Balaban J connectivity index is 2.66. The third kappa shape index (κ3) is 2.02. The summed E-state index contributed by atoms with van der Waals surface area (Å²) in [6.07, 6.45) is 1.09. The number of ether oxygens (including phenoxy) is 1. The van der Waals surface area contributed by atoms with Crippen molar-refractivity contribution in [1.82, 2.24) is 0 Å². The van der Waals surface area contributed by atoms with Gasteiger partial charge in [0.15, 0.2) is 5.12 Å². The number of hydrogen-bond donors (Lipinski definition) is 0. The molecule has 0 radical (unpaired) electrons. The first-order chi connectivity index (χ1) is 5.66. The van der Waals surface area contributed by atoms with Gasteiger partial charge in [-0.05, 0) is 12.3 Å². The van der Waals surface area contributed by atoms with Gasteiger partial charge in [0.1, 0.15) is 0 Å². The normalized spacial score (nSPS) is 31.2. The van der Waals surface area contributed by atoms with Gasteiger partial charge >= 0.3 is 0 Å². The van der Waals surface area contributed by atoms with Gasteiger partial charge in [-0.25, -0.2) is 0 Å². The van der Waals surface area contributed by atoms with Gasteiger partial charge in [-0.1, -0.05) is 32.5 Å². The molecule has 2 nitrogen and oxygen atoms in total. The summed E-state index contributed by atoms with van der Waals surface area (Å²) < 4.78 is 5.51. The first-order valence-corrected chi connectivity index (χ1v) is 5.43. The molecule has 0 saturated carbocycles. The summed E-state index contributed by atoms with van der Waals surface area (Å²) in [5.41, 5.74) is 0. The molecule has 0 N–H and O–H groups in total. The first-order valence-electron chi connectivity index (χ1n) is 4.45. The highest BCUT2D eigenvalue weighted by Crippen LogP contribution is 2.31. The number of hydrogen-bond acceptors (Lipinski definition) is 3. The van der Waals surface area contributed by atoms with E-state index in [0.29, 0.717) is 17.0 Å². The van der Waals surface area contributed by atoms with E-state index in [1.54, 1.807) is 0 Å². The van der Waals surface area contributed by atoms with Crippen LogP contribution < -0.4 is 0 Å². The highest BCUT2D eigenvalue weighted by molar-refractivity contribution is 8.13. The molecule has 1 heterocycles. The van der Waals surface area contributed by atoms with Crippen LogP contribution in [-0.2, 0) is 9.53 Å². The summed E-state index contributed by atoms with van der Waals surface area (Å²) in [5, 5.41) is 0.308. The van der Waals surface area contributed by atoms with Crippen LogP contribution in [0.5, 0.6) is 0 Å². The van der Waals surface area contributed by atoms with E-state index in [4.69, 9.17) is 4.74 Å². The molecule has 70 valence electrons. The maximum absolute atomic E-state index is 11.5. The Hall–Kier alpha value is -0.0200. The van der Waals surface area contributed by atoms with Crippen LogP contribution in [0.3, 0.4) is 0 Å². The minimum atomic E-state index is 0.105. The molecule has 0 aromatic rings. The highest BCUT2D eigenvalue weighted by Gasteiger charge is 2.34. The van der Waals surface area contributed by atoms with Gasteiger partial charge in [0.25, 0.3) is 0 Å². The predicted octanol–water partition coefficient (Wildman–Crippen LogP) is 2.28. The van der Waals surface area contributed by atoms with Crippen molar-refractivity contribution in [2.45, 2.75) is 33.3 Å². The molecule has 0 unspecified atom stereocenters. The Morgan fingerprint density at radius 1 is 1.67 bits per heavy atom. The van der Waals surface area contributed by atoms with Crippen LogP contribution >= 0.6 is 11.8 Å². The Labute approximate surface area is 78.1 Å². The van der Waals surface area contributed by atoms with Crippen molar-refractivity contribution in [3.63, 3.8) is 0 Å². The summed E-state index contributed by atoms with van der Waals surface area (Å²) in [6, 6.07) is 0. The lowest BCUT2D eigenvalue weighted by atomic mass is 9.90. The average Bonchev–Trinajstić information content (AvgIpc) is 2.03. The Morgan fingerprint density at radius 3 is 2.75 bits per heavy atom. The fourth-order valence-corrected chi connectivity index (χ4v) is 2.58. The molecule has 1 aliphatic heterocycles. The van der Waals surface area contributed by atoms with Gasteiger partial charge in [0.05, 0.1) is 18.0 Å². The molecule has 1 saturated heterocycles. The zero-order valence-corrected chi connectivity index (χ0v) is 8.69. The van der Waals surface area contributed by atoms with E-state index in [2.05, 4.69) is 20.8 Å². The zero-order chi connectivity index (χ0) is 9.14. The van der Waals surface area contributed by atoms with E-state index in [1.165, 1.54) is 11.8 Å². The molecule has 0 amide bonds. The number of rotatable bonds is 2. The molecule has 2 atom stereocenters. The molecule has 1 fully saturated rings. The molecule has 0 aromatic carbocycles. The second-order valence-electron chi connectivity index (χ2n) is 3.46. The maximum Gasteiger partial charge on any atom is 0.197 e. The van der Waals surface area contributed by atoms with Crippen molar-refractivity contribution in [2.75, 3.05) is 5.94 Å². The Kier molecular flexibility index (Phi) is 3.59. The summed E-state index contributed by atoms with van der Waals surface area (Å²) in [4.78, 5) is 11.5. The molecular formula is C9H16O2S. The summed E-state index contributed by atoms with van der Waals surface area (Å²) in [5.74, 6) is 1.05. The van der Waals surface area contributed by atoms with Crippen LogP contribution in [0.15, 0.2) is 0 Å². The molecule has 0 aromatic heterocycles. The molecule has 1 rings (SSSR count). The largest absolute Gasteiger partial charge is 0.366 e. The SMILES string of the molecule is CC[C@H]1OCSC(=O)[C@H]1C(C)C. The van der Waals surface area contributed by atoms with Crippen molar-refractivity contribution in [1.29, 1.82) is 0 Å². The summed E-state index contributed by atoms with van der Waals surface area (Å²) in [7, 11) is 0. The predicted molar refractivity (Wildman–Crippen MR) is 51.0 cm³/mol. The molecular weight excluding hydrogens is 172 g/mol. The van der Waals surface area contributed by atoms with Gasteiger partial charge in [0, 0.05) is 0 Å². The van der Waals surface area contributed by atoms with Crippen molar-refractivity contribution < 1.29 is 9.53 Å². The number of carbonyl (C=O) groups is 1. The number of thioether (sulfide) groups is 1. The van der Waals surface area contributed by atoms with Crippen LogP contribution in [-0.4, -0.2) is 17.2 Å². The first kappa shape index (κ1) is 10.1. The van der Waals surface area contributed by atoms with Crippen molar-refractivity contribution in [3.05, 3.63) is 0 Å². The molecule has 3 heteroatoms. The fourth-order valence-electron chi connectivity index (χ4n) is 1.60. The van der Waals surface area contributed by atoms with Crippen LogP contribution in [0.1, 0.15) is 27.2 Å². The van der Waals surface area contributed by atoms with Gasteiger partial charge in [-0.3, -0.25) is 4.79 Å². The van der Waals surface area contributed by atoms with E-state index in [1.807, 2.05) is 0 Å². The van der Waals surface area contributed by atoms with E-state index in [-0.39, 0.29) is 12.0 Å². The fraction of sp³-hybridized carbons (Fsp3) is 0.889. The molecule has 1 aliphatic rings. The Morgan fingerprint density at radius 2 is 2.33 bits per heavy atom. The summed E-state index contributed by atoms with van der Waals surface area (Å²) in [6.45, 7) is 6.24. The van der Waals surface area contributed by atoms with Crippen molar-refractivity contribution >= 4 is 16.9 Å². The van der Waals surface area contributed by atoms with Crippen LogP contribution in [0.2, 0.25) is 0 Å². The minimum Gasteiger partial charge on any atom is -0.366 e. The lowest BCUT2D eigenvalue weighted by Crippen LogP contribution is -2.36. The molecule has 0 aliphatic carbocycles. The highest BCUT2D eigenvalue weighted by atomic mass is 32.2. The van der Waals surface area contributed by atoms with Crippen molar-refractivity contribution in [2.24, 2.45) is 11.8 Å². The second kappa shape index (κ2) is 4.28. The lowest BCUT2D eigenvalue weighted by molar-refractivity contribution is -0.123. The zero-order valence-electron chi connectivity index (χ0n) is 7.87. The van der Waals surface area contributed by atoms with Crippen molar-refractivity contribution in [3.8, 4) is 0 Å². The van der Waals surface area contributed by atoms with Gasteiger partial charge in [-0.2, -0.15) is 0 Å². The van der Waals surface area contributed by atoms with Crippen LogP contribution in [0, 0.1) is 11.8 Å². The maximum atomic E-state index is 11.5. The average molecular weight is 188 g/mol. The van der Waals surface area contributed by atoms with Crippen LogP contribution in [0.25, 0.3) is 0 Å². The standard InChI is InChI=1S/C9H16O2S/c1-4-7-8(6(2)3)9(10)12-5-11-7/h6-8H,4-5H2,1-3H3/t7-,8+/m1/s1. The monoisotopic (exact) mass is 188 g/mol. The summed E-state index contributed by atoms with van der Waals surface area (Å²) >= 11 is 1.31. The second-order valence-corrected chi connectivity index (χ2v) is 4.39. The van der Waals surface area contributed by atoms with Gasteiger partial charge < -0.3 is 4.74 Å². The number of carbonyl (C=O) groups excluding carboxylic acids is 1. The van der Waals surface area contributed by atoms with E-state index < -0.39 is 0 Å². The molecule has 0 bridgehead atoms. The van der Waals surface area contributed by atoms with Gasteiger partial charge in [0.2, 0.25) is 0 Å². The molecule has 12 heavy (non-hydrogen) atoms. The topological polar surface area (TPSA) is 26.3 Å². The van der Waals surface area contributed by atoms with E-state index >= 15 is 0 Å². The lowest BCUT2D eigenvalue weighted by Gasteiger charge is -2.31. The quantitative estimate of drug-likeness (QED) is 0.665. The van der Waals surface area contributed by atoms with Crippen LogP contribution in [0.4, 0.5) is 0 Å². The third-order valence-electron chi connectivity index (χ3n) is 2.28. The van der Waals surface area contributed by atoms with E-state index in [9.17, 15) is 4.79 Å². The molecule has 0 spiro atoms. The smallest absolute Gasteiger partial charge is 0.197 e. The minimum absolute atomic E-state index is 0.105. The Bertz CT molecular complexity index is 168.